The molecule has 0 radical (unpaired) electrons. The van der Waals surface area contributed by atoms with Crippen LogP contribution in [-0.4, -0.2) is 31.2 Å². The van der Waals surface area contributed by atoms with Gasteiger partial charge in [-0.2, -0.15) is 0 Å². The van der Waals surface area contributed by atoms with Gasteiger partial charge in [0.15, 0.2) is 0 Å². The maximum absolute atomic E-state index is 11.6. The number of nitrogens with zero attached hydrogens (tertiary/aromatic N) is 4. The first kappa shape index (κ1) is 14.0. The quantitative estimate of drug-likeness (QED) is 0.271. The molecule has 0 aliphatic carbocycles. The highest BCUT2D eigenvalue weighted by Crippen LogP contribution is 2.13. The highest BCUT2D eigenvalue weighted by atomic mass is 16.5. The van der Waals surface area contributed by atoms with Gasteiger partial charge in [-0.1, -0.05) is 11.2 Å². The molecule has 18 heavy (non-hydrogen) atoms. The minimum absolute atomic E-state index is 0.267. The van der Waals surface area contributed by atoms with Gasteiger partial charge in [-0.15, -0.1) is 0 Å². The van der Waals surface area contributed by atoms with Gasteiger partial charge in [-0.05, 0) is 24.1 Å². The zero-order valence-electron chi connectivity index (χ0n) is 10.3. The molecule has 0 saturated carbocycles. The van der Waals surface area contributed by atoms with Crippen LogP contribution in [0.1, 0.15) is 17.3 Å². The van der Waals surface area contributed by atoms with Gasteiger partial charge in [0.25, 0.3) is 0 Å². The Bertz CT molecular complexity index is 439. The van der Waals surface area contributed by atoms with Gasteiger partial charge in [0, 0.05) is 29.9 Å². The van der Waals surface area contributed by atoms with E-state index in [4.69, 9.17) is 10.3 Å². The molecule has 96 valence electrons. The predicted octanol–water partition coefficient (Wildman–Crippen LogP) is 1.50. The first-order valence-corrected chi connectivity index (χ1v) is 5.43. The molecule has 0 aromatic carbocycles. The molecule has 0 aliphatic heterocycles. The standard InChI is InChI=1S/C11H15N5O2/c1-8-3-4-9(7-14-8)10(11(17)18-2)13-5-6-15-16-12/h3-4,7,10,13H,5-6H2,1-2H3. The van der Waals surface area contributed by atoms with Gasteiger partial charge >= 0.3 is 5.97 Å². The Labute approximate surface area is 105 Å². The Morgan fingerprint density at radius 2 is 2.44 bits per heavy atom. The molecule has 7 nitrogen and oxygen atoms in total. The van der Waals surface area contributed by atoms with Crippen molar-refractivity contribution >= 4 is 5.97 Å². The minimum atomic E-state index is -0.600. The third-order valence-corrected chi connectivity index (χ3v) is 2.33. The van der Waals surface area contributed by atoms with Crippen LogP contribution in [0.2, 0.25) is 0 Å². The largest absolute Gasteiger partial charge is 0.468 e. The fourth-order valence-electron chi connectivity index (χ4n) is 1.41. The molecule has 0 amide bonds. The smallest absolute Gasteiger partial charge is 0.327 e. The molecule has 1 unspecified atom stereocenters. The summed E-state index contributed by atoms with van der Waals surface area (Å²) in [6, 6.07) is 3.03. The summed E-state index contributed by atoms with van der Waals surface area (Å²) in [6.07, 6.45) is 1.62. The Hall–Kier alpha value is -2.11. The number of ether oxygens (including phenoxy) is 1. The molecule has 0 aliphatic rings. The second-order valence-corrected chi connectivity index (χ2v) is 3.60. The van der Waals surface area contributed by atoms with Gasteiger partial charge in [-0.3, -0.25) is 4.98 Å². The van der Waals surface area contributed by atoms with Gasteiger partial charge in [0.1, 0.15) is 6.04 Å². The van der Waals surface area contributed by atoms with Crippen molar-refractivity contribution in [3.05, 3.63) is 40.0 Å². The first-order valence-electron chi connectivity index (χ1n) is 5.43. The van der Waals surface area contributed by atoms with Crippen LogP contribution in [0.5, 0.6) is 0 Å². The molecule has 0 bridgehead atoms. The highest BCUT2D eigenvalue weighted by molar-refractivity contribution is 5.77. The van der Waals surface area contributed by atoms with Crippen LogP contribution in [0, 0.1) is 6.92 Å². The molecule has 0 saturated heterocycles. The van der Waals surface area contributed by atoms with Crippen molar-refractivity contribution in [2.24, 2.45) is 5.11 Å². The highest BCUT2D eigenvalue weighted by Gasteiger charge is 2.20. The maximum atomic E-state index is 11.6. The van der Waals surface area contributed by atoms with Crippen LogP contribution in [0.15, 0.2) is 23.4 Å². The number of hydrogen-bond donors (Lipinski definition) is 1. The first-order chi connectivity index (χ1) is 8.69. The number of carbonyl (C=O) groups excluding carboxylic acids is 1. The van der Waals surface area contributed by atoms with Gasteiger partial charge in [0.05, 0.1) is 7.11 Å². The number of rotatable bonds is 6. The Balaban J connectivity index is 2.74. The fourth-order valence-corrected chi connectivity index (χ4v) is 1.41. The second-order valence-electron chi connectivity index (χ2n) is 3.60. The summed E-state index contributed by atoms with van der Waals surface area (Å²) in [6.45, 7) is 2.52. The number of aryl methyl sites for hydroxylation is 1. The Morgan fingerprint density at radius 3 is 3.00 bits per heavy atom. The number of nitrogens with one attached hydrogen (secondary N) is 1. The van der Waals surface area contributed by atoms with E-state index in [0.29, 0.717) is 12.1 Å². The van der Waals surface area contributed by atoms with E-state index >= 15 is 0 Å². The topological polar surface area (TPSA) is 100.0 Å². The van der Waals surface area contributed by atoms with Crippen LogP contribution in [0.4, 0.5) is 0 Å². The third kappa shape index (κ3) is 4.04. The maximum Gasteiger partial charge on any atom is 0.327 e. The summed E-state index contributed by atoms with van der Waals surface area (Å²) in [4.78, 5) is 18.4. The molecule has 0 fully saturated rings. The Kier molecular flexibility index (Phi) is 5.63. The van der Waals surface area contributed by atoms with Crippen molar-refractivity contribution < 1.29 is 9.53 Å². The molecule has 0 spiro atoms. The average Bonchev–Trinajstić information content (AvgIpc) is 2.39. The van der Waals surface area contributed by atoms with Crippen molar-refractivity contribution in [1.29, 1.82) is 0 Å². The lowest BCUT2D eigenvalue weighted by atomic mass is 10.1. The van der Waals surface area contributed by atoms with Crippen molar-refractivity contribution in [1.82, 2.24) is 10.3 Å². The fraction of sp³-hybridized carbons (Fsp3) is 0.455. The zero-order chi connectivity index (χ0) is 13.4. The molecule has 1 atom stereocenters. The second kappa shape index (κ2) is 7.26. The van der Waals surface area contributed by atoms with Crippen LogP contribution < -0.4 is 5.32 Å². The van der Waals surface area contributed by atoms with Crippen LogP contribution in [0.25, 0.3) is 10.4 Å². The van der Waals surface area contributed by atoms with E-state index in [1.807, 2.05) is 19.1 Å². The lowest BCUT2D eigenvalue weighted by Gasteiger charge is -2.15. The van der Waals surface area contributed by atoms with E-state index in [1.54, 1.807) is 6.20 Å². The molecule has 1 rings (SSSR count). The van der Waals surface area contributed by atoms with Crippen LogP contribution in [-0.2, 0) is 9.53 Å². The Morgan fingerprint density at radius 1 is 1.67 bits per heavy atom. The molecular weight excluding hydrogens is 234 g/mol. The van der Waals surface area contributed by atoms with E-state index in [2.05, 4.69) is 20.3 Å². The number of aromatic nitrogens is 1. The molecule has 1 aromatic heterocycles. The molecule has 1 aromatic rings. The van der Waals surface area contributed by atoms with Crippen molar-refractivity contribution in [3.63, 3.8) is 0 Å². The summed E-state index contributed by atoms with van der Waals surface area (Å²) < 4.78 is 4.72. The van der Waals surface area contributed by atoms with Gasteiger partial charge < -0.3 is 10.1 Å². The van der Waals surface area contributed by atoms with Crippen LogP contribution >= 0.6 is 0 Å². The van der Waals surface area contributed by atoms with E-state index in [0.717, 1.165) is 5.69 Å². The SMILES string of the molecule is COC(=O)C(NCCN=[N+]=[N-])c1ccc(C)nc1. The lowest BCUT2D eigenvalue weighted by molar-refractivity contribution is -0.143. The minimum Gasteiger partial charge on any atom is -0.468 e. The summed E-state index contributed by atoms with van der Waals surface area (Å²) in [5.41, 5.74) is 9.75. The average molecular weight is 249 g/mol. The van der Waals surface area contributed by atoms with Crippen LogP contribution in [0.3, 0.4) is 0 Å². The third-order valence-electron chi connectivity index (χ3n) is 2.33. The number of pyridine rings is 1. The van der Waals surface area contributed by atoms with Crippen molar-refractivity contribution in [3.8, 4) is 0 Å². The number of hydrogen-bond acceptors (Lipinski definition) is 5. The van der Waals surface area contributed by atoms with E-state index in [9.17, 15) is 4.79 Å². The monoisotopic (exact) mass is 249 g/mol. The van der Waals surface area contributed by atoms with Gasteiger partial charge in [-0.25, -0.2) is 4.79 Å². The molecular formula is C11H15N5O2. The summed E-state index contributed by atoms with van der Waals surface area (Å²) >= 11 is 0. The summed E-state index contributed by atoms with van der Waals surface area (Å²) in [7, 11) is 1.33. The van der Waals surface area contributed by atoms with Gasteiger partial charge in [0.2, 0.25) is 0 Å². The number of esters is 1. The summed E-state index contributed by atoms with van der Waals surface area (Å²) in [5, 5.41) is 6.35. The van der Waals surface area contributed by atoms with Crippen molar-refractivity contribution in [2.75, 3.05) is 20.2 Å². The zero-order valence-corrected chi connectivity index (χ0v) is 10.3. The molecule has 7 heteroatoms. The number of methoxy groups -OCH3 is 1. The normalized spacial score (nSPS) is 11.4. The van der Waals surface area contributed by atoms with E-state index in [-0.39, 0.29) is 6.54 Å². The number of azide groups is 1. The van der Waals surface area contributed by atoms with E-state index in [1.165, 1.54) is 7.11 Å². The number of carbonyl (C=O) groups is 1. The van der Waals surface area contributed by atoms with Crippen molar-refractivity contribution in [2.45, 2.75) is 13.0 Å². The molecule has 1 N–H and O–H groups in total. The van der Waals surface area contributed by atoms with E-state index < -0.39 is 12.0 Å². The summed E-state index contributed by atoms with van der Waals surface area (Å²) in [5.74, 6) is -0.401. The molecule has 1 heterocycles. The predicted molar refractivity (Wildman–Crippen MR) is 65.7 cm³/mol. The lowest BCUT2D eigenvalue weighted by Crippen LogP contribution is -2.31.